The van der Waals surface area contributed by atoms with Crippen LogP contribution in [0.4, 0.5) is 0 Å². The highest BCUT2D eigenvalue weighted by Crippen LogP contribution is 2.38. The first-order valence-electron chi connectivity index (χ1n) is 5.80. The third kappa shape index (κ3) is 1.84. The van der Waals surface area contributed by atoms with Gasteiger partial charge in [-0.15, -0.1) is 0 Å². The fraction of sp³-hybridized carbons (Fsp3) is 0.583. The van der Waals surface area contributed by atoms with E-state index in [1.807, 2.05) is 18.3 Å². The topological polar surface area (TPSA) is 43.4 Å². The highest BCUT2D eigenvalue weighted by molar-refractivity contribution is 5.13. The zero-order valence-corrected chi connectivity index (χ0v) is 9.19. The van der Waals surface area contributed by atoms with Crippen LogP contribution < -0.4 is 5.32 Å². The summed E-state index contributed by atoms with van der Waals surface area (Å²) < 4.78 is 11.9. The average molecular weight is 220 g/mol. The van der Waals surface area contributed by atoms with Crippen LogP contribution in [0, 0.1) is 0 Å². The van der Waals surface area contributed by atoms with Crippen LogP contribution in [0.3, 0.4) is 0 Å². The van der Waals surface area contributed by atoms with Crippen molar-refractivity contribution in [3.8, 4) is 0 Å². The second-order valence-corrected chi connectivity index (χ2v) is 4.36. The molecule has 1 N–H and O–H groups in total. The first-order chi connectivity index (χ1) is 7.88. The van der Waals surface area contributed by atoms with E-state index in [4.69, 9.17) is 9.47 Å². The first kappa shape index (κ1) is 10.2. The highest BCUT2D eigenvalue weighted by atomic mass is 16.7. The fourth-order valence-electron chi connectivity index (χ4n) is 2.36. The van der Waals surface area contributed by atoms with E-state index >= 15 is 0 Å². The molecule has 1 spiro atoms. The zero-order chi connectivity index (χ0) is 10.8. The van der Waals surface area contributed by atoms with Crippen LogP contribution in [-0.2, 0) is 9.47 Å². The Hall–Kier alpha value is -0.970. The number of rotatable bonds is 1. The van der Waals surface area contributed by atoms with Crippen molar-refractivity contribution in [2.24, 2.45) is 0 Å². The summed E-state index contributed by atoms with van der Waals surface area (Å²) in [4.78, 5) is 4.11. The molecule has 16 heavy (non-hydrogen) atoms. The summed E-state index contributed by atoms with van der Waals surface area (Å²) in [5.74, 6) is -0.342. The molecule has 4 heteroatoms. The van der Waals surface area contributed by atoms with Crippen molar-refractivity contribution in [3.05, 3.63) is 30.1 Å². The quantitative estimate of drug-likeness (QED) is 0.773. The molecule has 2 aliphatic rings. The summed E-state index contributed by atoms with van der Waals surface area (Å²) in [6.45, 7) is 2.59. The van der Waals surface area contributed by atoms with Gasteiger partial charge in [-0.2, -0.15) is 0 Å². The summed E-state index contributed by atoms with van der Waals surface area (Å²) >= 11 is 0. The third-order valence-electron chi connectivity index (χ3n) is 3.28. The van der Waals surface area contributed by atoms with Gasteiger partial charge in [0.1, 0.15) is 6.10 Å². The van der Waals surface area contributed by atoms with Gasteiger partial charge in [0.05, 0.1) is 6.61 Å². The zero-order valence-electron chi connectivity index (χ0n) is 9.19. The third-order valence-corrected chi connectivity index (χ3v) is 3.28. The number of piperidine rings is 1. The number of hydrogen-bond acceptors (Lipinski definition) is 4. The largest absolute Gasteiger partial charge is 0.347 e. The van der Waals surface area contributed by atoms with Crippen LogP contribution in [0.25, 0.3) is 0 Å². The lowest BCUT2D eigenvalue weighted by atomic mass is 10.1. The van der Waals surface area contributed by atoms with Gasteiger partial charge in [-0.1, -0.05) is 6.07 Å². The fourth-order valence-corrected chi connectivity index (χ4v) is 2.36. The molecule has 2 aliphatic heterocycles. The molecule has 1 unspecified atom stereocenters. The molecule has 3 rings (SSSR count). The van der Waals surface area contributed by atoms with Crippen molar-refractivity contribution in [1.82, 2.24) is 10.3 Å². The molecule has 4 nitrogen and oxygen atoms in total. The molecule has 1 atom stereocenters. The molecule has 3 heterocycles. The van der Waals surface area contributed by atoms with Crippen LogP contribution in [0.5, 0.6) is 0 Å². The Balaban J connectivity index is 1.73. The molecule has 0 amide bonds. The van der Waals surface area contributed by atoms with E-state index < -0.39 is 0 Å². The average Bonchev–Trinajstić information content (AvgIpc) is 2.75. The van der Waals surface area contributed by atoms with Gasteiger partial charge in [0.15, 0.2) is 5.79 Å². The van der Waals surface area contributed by atoms with Crippen LogP contribution in [0.1, 0.15) is 24.5 Å². The molecular weight excluding hydrogens is 204 g/mol. The lowest BCUT2D eigenvalue weighted by Crippen LogP contribution is -2.42. The van der Waals surface area contributed by atoms with E-state index in [1.54, 1.807) is 6.20 Å². The second kappa shape index (κ2) is 4.13. The van der Waals surface area contributed by atoms with Gasteiger partial charge in [-0.25, -0.2) is 0 Å². The summed E-state index contributed by atoms with van der Waals surface area (Å²) in [6.07, 6.45) is 5.55. The number of pyridine rings is 1. The Morgan fingerprint density at radius 1 is 1.38 bits per heavy atom. The normalized spacial score (nSPS) is 28.4. The van der Waals surface area contributed by atoms with Crippen LogP contribution in [0.2, 0.25) is 0 Å². The van der Waals surface area contributed by atoms with Crippen molar-refractivity contribution in [1.29, 1.82) is 0 Å². The number of nitrogens with one attached hydrogen (secondary N) is 1. The number of nitrogens with zero attached hydrogens (tertiary/aromatic N) is 1. The predicted molar refractivity (Wildman–Crippen MR) is 58.8 cm³/mol. The van der Waals surface area contributed by atoms with Crippen molar-refractivity contribution >= 4 is 0 Å². The van der Waals surface area contributed by atoms with Crippen molar-refractivity contribution in [2.75, 3.05) is 19.7 Å². The Morgan fingerprint density at radius 3 is 3.00 bits per heavy atom. The Bertz CT molecular complexity index is 349. The molecule has 0 radical (unpaired) electrons. The van der Waals surface area contributed by atoms with Crippen molar-refractivity contribution < 1.29 is 9.47 Å². The smallest absolute Gasteiger partial charge is 0.171 e. The van der Waals surface area contributed by atoms with Gasteiger partial charge >= 0.3 is 0 Å². The maximum Gasteiger partial charge on any atom is 0.171 e. The van der Waals surface area contributed by atoms with Crippen molar-refractivity contribution in [3.63, 3.8) is 0 Å². The van der Waals surface area contributed by atoms with E-state index in [-0.39, 0.29) is 11.9 Å². The molecule has 1 aromatic heterocycles. The molecule has 0 aromatic carbocycles. The molecule has 2 fully saturated rings. The molecule has 86 valence electrons. The number of hydrogen-bond donors (Lipinski definition) is 1. The van der Waals surface area contributed by atoms with E-state index in [0.29, 0.717) is 6.61 Å². The van der Waals surface area contributed by atoms with Crippen LogP contribution >= 0.6 is 0 Å². The molecular formula is C12H16N2O2. The Kier molecular flexibility index (Phi) is 2.63. The SMILES string of the molecule is c1cncc(C2COC3(CCNCC3)O2)c1. The van der Waals surface area contributed by atoms with Gasteiger partial charge < -0.3 is 14.8 Å². The van der Waals surface area contributed by atoms with Gasteiger partial charge in [-0.05, 0) is 6.07 Å². The molecule has 1 aromatic rings. The van der Waals surface area contributed by atoms with Gasteiger partial charge in [0, 0.05) is 43.9 Å². The van der Waals surface area contributed by atoms with Crippen LogP contribution in [-0.4, -0.2) is 30.5 Å². The van der Waals surface area contributed by atoms with Gasteiger partial charge in [0.2, 0.25) is 0 Å². The van der Waals surface area contributed by atoms with Gasteiger partial charge in [0.25, 0.3) is 0 Å². The summed E-state index contributed by atoms with van der Waals surface area (Å²) in [7, 11) is 0. The maximum atomic E-state index is 6.07. The first-order valence-corrected chi connectivity index (χ1v) is 5.80. The standard InChI is InChI=1S/C12H16N2O2/c1-2-10(8-14-5-1)11-9-15-12(16-11)3-6-13-7-4-12/h1-2,5,8,11,13H,3-4,6-7,9H2. The van der Waals surface area contributed by atoms with Crippen molar-refractivity contribution in [2.45, 2.75) is 24.7 Å². The lowest BCUT2D eigenvalue weighted by Gasteiger charge is -2.32. The molecule has 0 aliphatic carbocycles. The number of ether oxygens (including phenoxy) is 2. The van der Waals surface area contributed by atoms with Crippen LogP contribution in [0.15, 0.2) is 24.5 Å². The Morgan fingerprint density at radius 2 is 2.25 bits per heavy atom. The predicted octanol–water partition coefficient (Wildman–Crippen LogP) is 1.25. The lowest BCUT2D eigenvalue weighted by molar-refractivity contribution is -0.183. The van der Waals surface area contributed by atoms with E-state index in [0.717, 1.165) is 31.5 Å². The number of aromatic nitrogens is 1. The van der Waals surface area contributed by atoms with Gasteiger partial charge in [-0.3, -0.25) is 4.98 Å². The maximum absolute atomic E-state index is 6.07. The molecule has 2 saturated heterocycles. The minimum atomic E-state index is -0.342. The van der Waals surface area contributed by atoms with E-state index in [1.165, 1.54) is 0 Å². The second-order valence-electron chi connectivity index (χ2n) is 4.36. The summed E-state index contributed by atoms with van der Waals surface area (Å²) in [6, 6.07) is 3.98. The summed E-state index contributed by atoms with van der Waals surface area (Å²) in [5, 5.41) is 3.32. The monoisotopic (exact) mass is 220 g/mol. The van der Waals surface area contributed by atoms with E-state index in [9.17, 15) is 0 Å². The highest BCUT2D eigenvalue weighted by Gasteiger charge is 2.42. The summed E-state index contributed by atoms with van der Waals surface area (Å²) in [5.41, 5.74) is 1.11. The minimum absolute atomic E-state index is 0.0480. The van der Waals surface area contributed by atoms with E-state index in [2.05, 4.69) is 10.3 Å². The molecule has 0 saturated carbocycles. The Labute approximate surface area is 95.0 Å². The molecule has 0 bridgehead atoms. The minimum Gasteiger partial charge on any atom is -0.347 e.